The molecule has 1 aromatic heterocycles. The van der Waals surface area contributed by atoms with E-state index in [1.807, 2.05) is 20.8 Å². The summed E-state index contributed by atoms with van der Waals surface area (Å²) in [7, 11) is -3.59. The summed E-state index contributed by atoms with van der Waals surface area (Å²) in [6.45, 7) is 6.46. The quantitative estimate of drug-likeness (QED) is 0.882. The summed E-state index contributed by atoms with van der Waals surface area (Å²) in [6.07, 6.45) is 1.66. The first kappa shape index (κ1) is 15.9. The normalized spacial score (nSPS) is 12.8. The van der Waals surface area contributed by atoms with Crippen LogP contribution in [0.2, 0.25) is 0 Å². The number of benzene rings is 1. The van der Waals surface area contributed by atoms with Crippen LogP contribution in [0.15, 0.2) is 35.4 Å². The van der Waals surface area contributed by atoms with Crippen LogP contribution in [-0.4, -0.2) is 26.5 Å². The van der Waals surface area contributed by atoms with Gasteiger partial charge in [-0.1, -0.05) is 19.9 Å². The summed E-state index contributed by atoms with van der Waals surface area (Å²) in [5.41, 5.74) is 7.01. The van der Waals surface area contributed by atoms with Gasteiger partial charge in [0, 0.05) is 18.1 Å². The van der Waals surface area contributed by atoms with Crippen LogP contribution in [0.1, 0.15) is 19.4 Å². The number of fused-ring (bicyclic) bond motifs is 1. The van der Waals surface area contributed by atoms with Crippen molar-refractivity contribution in [1.29, 1.82) is 0 Å². The van der Waals surface area contributed by atoms with Gasteiger partial charge in [0.2, 0.25) is 10.0 Å². The topological polar surface area (TPSA) is 85.1 Å². The molecular weight excluding hydrogens is 286 g/mol. The highest BCUT2D eigenvalue weighted by atomic mass is 32.2. The van der Waals surface area contributed by atoms with Gasteiger partial charge < -0.3 is 5.73 Å². The molecule has 0 bridgehead atoms. The number of aryl methyl sites for hydroxylation is 1. The maximum atomic E-state index is 12.5. The van der Waals surface area contributed by atoms with Crippen molar-refractivity contribution in [1.82, 2.24) is 9.71 Å². The molecule has 6 heteroatoms. The van der Waals surface area contributed by atoms with Crippen molar-refractivity contribution in [2.75, 3.05) is 13.1 Å². The third-order valence-corrected chi connectivity index (χ3v) is 4.97. The lowest BCUT2D eigenvalue weighted by atomic mass is 9.95. The Morgan fingerprint density at radius 2 is 2.00 bits per heavy atom. The molecule has 3 N–H and O–H groups in total. The molecule has 0 amide bonds. The van der Waals surface area contributed by atoms with E-state index >= 15 is 0 Å². The fraction of sp³-hybridized carbons (Fsp3) is 0.400. The van der Waals surface area contributed by atoms with Crippen LogP contribution in [0.3, 0.4) is 0 Å². The van der Waals surface area contributed by atoms with E-state index in [0.717, 1.165) is 5.56 Å². The number of sulfonamides is 1. The Balaban J connectivity index is 2.44. The van der Waals surface area contributed by atoms with Gasteiger partial charge in [-0.3, -0.25) is 4.98 Å². The van der Waals surface area contributed by atoms with Crippen molar-refractivity contribution in [3.05, 3.63) is 36.0 Å². The highest BCUT2D eigenvalue weighted by Gasteiger charge is 2.23. The standard InChI is InChI=1S/C15H21N3O2S/c1-11-6-7-13(12-5-4-8-17-14(11)12)21(19,20)18-10-15(2,3)9-16/h4-8,18H,9-10,16H2,1-3H3. The predicted molar refractivity (Wildman–Crippen MR) is 84.5 cm³/mol. The number of pyridine rings is 1. The molecule has 21 heavy (non-hydrogen) atoms. The van der Waals surface area contributed by atoms with Crippen molar-refractivity contribution in [2.45, 2.75) is 25.7 Å². The monoisotopic (exact) mass is 307 g/mol. The van der Waals surface area contributed by atoms with Crippen LogP contribution in [0.25, 0.3) is 10.9 Å². The molecule has 2 rings (SSSR count). The summed E-state index contributed by atoms with van der Waals surface area (Å²) >= 11 is 0. The second-order valence-corrected chi connectivity index (χ2v) is 7.71. The molecule has 2 aromatic rings. The van der Waals surface area contributed by atoms with E-state index in [2.05, 4.69) is 9.71 Å². The minimum absolute atomic E-state index is 0.254. The molecule has 1 heterocycles. The molecule has 0 saturated heterocycles. The lowest BCUT2D eigenvalue weighted by molar-refractivity contribution is 0.376. The minimum atomic E-state index is -3.59. The van der Waals surface area contributed by atoms with Crippen LogP contribution in [0.4, 0.5) is 0 Å². The van der Waals surface area contributed by atoms with Gasteiger partial charge in [-0.05, 0) is 42.6 Å². The second kappa shape index (κ2) is 5.71. The van der Waals surface area contributed by atoms with Crippen molar-refractivity contribution < 1.29 is 8.42 Å². The molecule has 0 atom stereocenters. The number of aromatic nitrogens is 1. The number of hydrogen-bond donors (Lipinski definition) is 2. The zero-order valence-corrected chi connectivity index (χ0v) is 13.4. The van der Waals surface area contributed by atoms with Gasteiger partial charge in [0.25, 0.3) is 0 Å². The van der Waals surface area contributed by atoms with Crippen molar-refractivity contribution in [3.63, 3.8) is 0 Å². The summed E-state index contributed by atoms with van der Waals surface area (Å²) < 4.78 is 27.7. The maximum Gasteiger partial charge on any atom is 0.241 e. The first-order chi connectivity index (χ1) is 9.77. The van der Waals surface area contributed by atoms with Crippen molar-refractivity contribution >= 4 is 20.9 Å². The summed E-state index contributed by atoms with van der Waals surface area (Å²) in [4.78, 5) is 4.52. The fourth-order valence-corrected chi connectivity index (χ4v) is 3.40. The molecule has 114 valence electrons. The Morgan fingerprint density at radius 1 is 1.29 bits per heavy atom. The lowest BCUT2D eigenvalue weighted by Crippen LogP contribution is -2.38. The van der Waals surface area contributed by atoms with E-state index in [9.17, 15) is 8.42 Å². The van der Waals surface area contributed by atoms with E-state index in [4.69, 9.17) is 5.73 Å². The zero-order valence-electron chi connectivity index (χ0n) is 12.6. The summed E-state index contributed by atoms with van der Waals surface area (Å²) in [5, 5.41) is 0.635. The molecular formula is C15H21N3O2S. The molecule has 1 aromatic carbocycles. The molecule has 0 radical (unpaired) electrons. The second-order valence-electron chi connectivity index (χ2n) is 5.97. The molecule has 0 aliphatic heterocycles. The first-order valence-electron chi connectivity index (χ1n) is 6.81. The summed E-state index contributed by atoms with van der Waals surface area (Å²) in [6, 6.07) is 6.91. The van der Waals surface area contributed by atoms with Crippen molar-refractivity contribution in [2.24, 2.45) is 11.1 Å². The number of nitrogens with zero attached hydrogens (tertiary/aromatic N) is 1. The molecule has 0 spiro atoms. The van der Waals surface area contributed by atoms with Gasteiger partial charge in [-0.15, -0.1) is 0 Å². The van der Waals surface area contributed by atoms with Gasteiger partial charge >= 0.3 is 0 Å². The van der Waals surface area contributed by atoms with E-state index in [1.165, 1.54) is 0 Å². The average Bonchev–Trinajstić information content (AvgIpc) is 2.46. The number of nitrogens with two attached hydrogens (primary N) is 1. The summed E-state index contributed by atoms with van der Waals surface area (Å²) in [5.74, 6) is 0. The van der Waals surface area contributed by atoms with E-state index in [-0.39, 0.29) is 10.3 Å². The van der Waals surface area contributed by atoms with E-state index in [1.54, 1.807) is 30.5 Å². The maximum absolute atomic E-state index is 12.5. The van der Waals surface area contributed by atoms with Crippen LogP contribution < -0.4 is 10.5 Å². The van der Waals surface area contributed by atoms with Gasteiger partial charge in [-0.2, -0.15) is 0 Å². The molecule has 0 aliphatic carbocycles. The average molecular weight is 307 g/mol. The Labute approximate surface area is 125 Å². The molecule has 0 unspecified atom stereocenters. The predicted octanol–water partition coefficient (Wildman–Crippen LogP) is 1.81. The fourth-order valence-electron chi connectivity index (χ4n) is 1.96. The third kappa shape index (κ3) is 3.40. The molecule has 0 fully saturated rings. The Hall–Kier alpha value is -1.50. The Morgan fingerprint density at radius 3 is 2.67 bits per heavy atom. The molecule has 5 nitrogen and oxygen atoms in total. The van der Waals surface area contributed by atoms with Gasteiger partial charge in [0.05, 0.1) is 10.4 Å². The van der Waals surface area contributed by atoms with Gasteiger partial charge in [-0.25, -0.2) is 13.1 Å². The third-order valence-electron chi connectivity index (χ3n) is 3.51. The Bertz CT molecular complexity index is 755. The molecule has 0 saturated carbocycles. The van der Waals surface area contributed by atoms with Gasteiger partial charge in [0.1, 0.15) is 0 Å². The smallest absolute Gasteiger partial charge is 0.241 e. The lowest BCUT2D eigenvalue weighted by Gasteiger charge is -2.22. The first-order valence-corrected chi connectivity index (χ1v) is 8.29. The van der Waals surface area contributed by atoms with Crippen LogP contribution >= 0.6 is 0 Å². The van der Waals surface area contributed by atoms with E-state index in [0.29, 0.717) is 24.0 Å². The minimum Gasteiger partial charge on any atom is -0.330 e. The van der Waals surface area contributed by atoms with Crippen LogP contribution in [0.5, 0.6) is 0 Å². The van der Waals surface area contributed by atoms with Gasteiger partial charge in [0.15, 0.2) is 0 Å². The highest BCUT2D eigenvalue weighted by Crippen LogP contribution is 2.24. The Kier molecular flexibility index (Phi) is 4.32. The van der Waals surface area contributed by atoms with Crippen LogP contribution in [0, 0.1) is 12.3 Å². The zero-order chi connectivity index (χ0) is 15.7. The van der Waals surface area contributed by atoms with Crippen molar-refractivity contribution in [3.8, 4) is 0 Å². The number of rotatable bonds is 5. The SMILES string of the molecule is Cc1ccc(S(=O)(=O)NCC(C)(C)CN)c2cccnc12. The van der Waals surface area contributed by atoms with Crippen LogP contribution in [-0.2, 0) is 10.0 Å². The molecule has 0 aliphatic rings. The highest BCUT2D eigenvalue weighted by molar-refractivity contribution is 7.89. The largest absolute Gasteiger partial charge is 0.330 e. The van der Waals surface area contributed by atoms with E-state index < -0.39 is 10.0 Å². The number of nitrogens with one attached hydrogen (secondary N) is 1. The number of hydrogen-bond acceptors (Lipinski definition) is 4.